The van der Waals surface area contributed by atoms with E-state index < -0.39 is 28.0 Å². The summed E-state index contributed by atoms with van der Waals surface area (Å²) in [6.45, 7) is 0.653. The van der Waals surface area contributed by atoms with Crippen molar-refractivity contribution in [2.24, 2.45) is 5.73 Å². The van der Waals surface area contributed by atoms with Crippen LogP contribution in [0.2, 0.25) is 0 Å². The van der Waals surface area contributed by atoms with Gasteiger partial charge in [-0.05, 0) is 53.8 Å². The molecule has 0 fully saturated rings. The molecule has 0 saturated carbocycles. The third-order valence-electron chi connectivity index (χ3n) is 6.28. The molecule has 3 aromatic carbocycles. The lowest BCUT2D eigenvalue weighted by molar-refractivity contribution is 0.0689. The van der Waals surface area contributed by atoms with Crippen LogP contribution in [0.1, 0.15) is 44.0 Å². The molecule has 1 heterocycles. The number of aromatic carboxylic acids is 1. The first-order valence-electron chi connectivity index (χ1n) is 13.0. The fraction of sp³-hybridized carbons (Fsp3) is 0.167. The predicted octanol–water partition coefficient (Wildman–Crippen LogP) is 3.54. The Morgan fingerprint density at radius 1 is 0.881 bits per heavy atom. The molecule has 0 aliphatic rings. The number of carbonyl (C=O) groups excluding carboxylic acids is 2. The van der Waals surface area contributed by atoms with E-state index in [1.165, 1.54) is 18.3 Å². The van der Waals surface area contributed by atoms with E-state index in [0.29, 0.717) is 45.7 Å². The smallest absolute Gasteiger partial charge is 0.422 e. The predicted molar refractivity (Wildman–Crippen MR) is 156 cm³/mol. The number of aromatic nitrogens is 1. The van der Waals surface area contributed by atoms with Crippen LogP contribution in [-0.2, 0) is 28.0 Å². The normalized spacial score (nSPS) is 11.1. The van der Waals surface area contributed by atoms with Crippen LogP contribution >= 0.6 is 0 Å². The molecule has 4 aromatic rings. The molecule has 5 N–H and O–H groups in total. The Morgan fingerprint density at radius 2 is 1.50 bits per heavy atom. The van der Waals surface area contributed by atoms with Crippen LogP contribution in [0.4, 0.5) is 4.79 Å². The molecule has 0 radical (unpaired) electrons. The lowest BCUT2D eigenvalue weighted by atomic mass is 9.96. The van der Waals surface area contributed by atoms with Crippen LogP contribution in [-0.4, -0.2) is 48.6 Å². The van der Waals surface area contributed by atoms with Gasteiger partial charge in [0.05, 0.1) is 0 Å². The Hall–Kier alpha value is -4.94. The Balaban J connectivity index is 1.70. The highest BCUT2D eigenvalue weighted by Gasteiger charge is 2.30. The summed E-state index contributed by atoms with van der Waals surface area (Å²) in [5.74, 6) is -1.85. The second-order valence-corrected chi connectivity index (χ2v) is 10.8. The van der Waals surface area contributed by atoms with Crippen molar-refractivity contribution in [2.75, 3.05) is 13.1 Å². The number of carboxylic acids is 1. The maximum Gasteiger partial charge on any atom is 0.422 e. The lowest BCUT2D eigenvalue weighted by Gasteiger charge is -2.11. The van der Waals surface area contributed by atoms with Crippen LogP contribution in [0.5, 0.6) is 0 Å². The number of nitrogens with zero attached hydrogens (tertiary/aromatic N) is 1. The highest BCUT2D eigenvalue weighted by Crippen LogP contribution is 2.33. The summed E-state index contributed by atoms with van der Waals surface area (Å²) < 4.78 is 34.0. The van der Waals surface area contributed by atoms with Gasteiger partial charge in [-0.1, -0.05) is 72.8 Å². The zero-order valence-electron chi connectivity index (χ0n) is 22.5. The first kappa shape index (κ1) is 30.0. The molecule has 0 aliphatic heterocycles. The van der Waals surface area contributed by atoms with Crippen molar-refractivity contribution in [1.29, 1.82) is 0 Å². The van der Waals surface area contributed by atoms with Crippen LogP contribution in [0, 0.1) is 0 Å². The van der Waals surface area contributed by atoms with E-state index in [1.807, 2.05) is 30.3 Å². The number of rotatable bonds is 12. The quantitative estimate of drug-likeness (QED) is 0.182. The molecular weight excluding hydrogens is 560 g/mol. The van der Waals surface area contributed by atoms with Crippen molar-refractivity contribution < 1.29 is 32.6 Å². The Labute approximate surface area is 243 Å². The van der Waals surface area contributed by atoms with Crippen LogP contribution < -0.4 is 15.8 Å². The van der Waals surface area contributed by atoms with Gasteiger partial charge in [0.2, 0.25) is 0 Å². The summed E-state index contributed by atoms with van der Waals surface area (Å²) in [5, 5.41) is 12.9. The fourth-order valence-electron chi connectivity index (χ4n) is 4.30. The lowest BCUT2D eigenvalue weighted by Crippen LogP contribution is -2.36. The first-order valence-corrected chi connectivity index (χ1v) is 14.5. The number of benzene rings is 3. The van der Waals surface area contributed by atoms with Gasteiger partial charge in [0, 0.05) is 23.9 Å². The molecule has 0 atom stereocenters. The van der Waals surface area contributed by atoms with Gasteiger partial charge in [0.1, 0.15) is 6.61 Å². The highest BCUT2D eigenvalue weighted by atomic mass is 32.2. The van der Waals surface area contributed by atoms with Crippen LogP contribution in [0.15, 0.2) is 91.1 Å². The number of amides is 2. The third-order valence-corrected chi connectivity index (χ3v) is 7.51. The Kier molecular flexibility index (Phi) is 9.73. The molecule has 42 heavy (non-hydrogen) atoms. The molecule has 1 aromatic heterocycles. The number of nitrogens with one attached hydrogen (secondary N) is 2. The minimum atomic E-state index is -4.74. The maximum atomic E-state index is 13.3. The highest BCUT2D eigenvalue weighted by molar-refractivity contribution is 7.88. The average Bonchev–Trinajstić information content (AvgIpc) is 3.37. The molecule has 0 saturated heterocycles. The second kappa shape index (κ2) is 13.6. The monoisotopic (exact) mass is 590 g/mol. The van der Waals surface area contributed by atoms with Gasteiger partial charge in [0.15, 0.2) is 5.69 Å². The SMILES string of the molecule is NCCCNC(=O)c1ccc(-c2c(Cc3ccccc3)cn(S(=O)(=O)NC(=O)OCc3ccccc3)c2C(=O)O)cc1. The Bertz CT molecular complexity index is 1650. The molecule has 11 nitrogen and oxygen atoms in total. The van der Waals surface area contributed by atoms with Crippen molar-refractivity contribution in [3.8, 4) is 11.1 Å². The van der Waals surface area contributed by atoms with Crippen molar-refractivity contribution in [1.82, 2.24) is 14.0 Å². The fourth-order valence-corrected chi connectivity index (χ4v) is 5.34. The molecule has 12 heteroatoms. The number of carbonyl (C=O) groups is 3. The summed E-state index contributed by atoms with van der Waals surface area (Å²) in [5.41, 5.74) is 7.55. The van der Waals surface area contributed by atoms with Gasteiger partial charge < -0.3 is 20.9 Å². The number of carboxylic acid groups (broad SMARTS) is 1. The average molecular weight is 591 g/mol. The second-order valence-electron chi connectivity index (χ2n) is 9.29. The number of hydrogen-bond donors (Lipinski definition) is 4. The Morgan fingerprint density at radius 3 is 2.10 bits per heavy atom. The minimum Gasteiger partial charge on any atom is -0.477 e. The molecule has 218 valence electrons. The summed E-state index contributed by atoms with van der Waals surface area (Å²) in [6.07, 6.45) is 0.718. The third kappa shape index (κ3) is 7.42. The van der Waals surface area contributed by atoms with E-state index >= 15 is 0 Å². The first-order chi connectivity index (χ1) is 20.2. The number of hydrogen-bond acceptors (Lipinski definition) is 7. The standard InChI is InChI=1S/C30H30N4O7S/c31-16-7-17-32-28(35)24-14-12-23(13-15-24)26-25(18-21-8-3-1-4-9-21)19-34(27(26)29(36)37)42(39,40)33-30(38)41-20-22-10-5-2-6-11-22/h1-6,8-15,19H,7,16-18,20,31H2,(H,32,35)(H,33,38)(H,36,37). The van der Waals surface area contributed by atoms with Gasteiger partial charge in [0.25, 0.3) is 5.91 Å². The van der Waals surface area contributed by atoms with E-state index in [9.17, 15) is 27.9 Å². The van der Waals surface area contributed by atoms with Gasteiger partial charge in [-0.15, -0.1) is 0 Å². The van der Waals surface area contributed by atoms with Crippen molar-refractivity contribution >= 4 is 28.2 Å². The van der Waals surface area contributed by atoms with E-state index in [-0.39, 0.29) is 24.5 Å². The van der Waals surface area contributed by atoms with Crippen molar-refractivity contribution in [2.45, 2.75) is 19.4 Å². The number of nitrogens with two attached hydrogens (primary N) is 1. The summed E-state index contributed by atoms with van der Waals surface area (Å²) in [6, 6.07) is 23.9. The van der Waals surface area contributed by atoms with E-state index in [0.717, 1.165) is 5.56 Å². The molecule has 2 amide bonds. The molecule has 0 spiro atoms. The van der Waals surface area contributed by atoms with Gasteiger partial charge >= 0.3 is 22.3 Å². The molecule has 0 aliphatic carbocycles. The topological polar surface area (TPSA) is 170 Å². The van der Waals surface area contributed by atoms with E-state index in [4.69, 9.17) is 10.5 Å². The van der Waals surface area contributed by atoms with Crippen LogP contribution in [0.3, 0.4) is 0 Å². The molecule has 0 unspecified atom stereocenters. The zero-order chi connectivity index (χ0) is 30.1. The largest absolute Gasteiger partial charge is 0.477 e. The molecule has 4 rings (SSSR count). The van der Waals surface area contributed by atoms with E-state index in [1.54, 1.807) is 47.2 Å². The van der Waals surface area contributed by atoms with Crippen molar-refractivity contribution in [3.05, 3.63) is 119 Å². The number of ether oxygens (including phenoxy) is 1. The molecule has 0 bridgehead atoms. The molecular formula is C30H30N4O7S. The van der Waals surface area contributed by atoms with Gasteiger partial charge in [-0.3, -0.25) is 4.79 Å². The van der Waals surface area contributed by atoms with Gasteiger partial charge in [-0.2, -0.15) is 8.42 Å². The van der Waals surface area contributed by atoms with E-state index in [2.05, 4.69) is 5.32 Å². The zero-order valence-corrected chi connectivity index (χ0v) is 23.3. The van der Waals surface area contributed by atoms with Crippen molar-refractivity contribution in [3.63, 3.8) is 0 Å². The van der Waals surface area contributed by atoms with Crippen LogP contribution in [0.25, 0.3) is 11.1 Å². The van der Waals surface area contributed by atoms with Gasteiger partial charge in [-0.25, -0.2) is 18.3 Å². The summed E-state index contributed by atoms with van der Waals surface area (Å²) in [4.78, 5) is 37.4. The summed E-state index contributed by atoms with van der Waals surface area (Å²) >= 11 is 0. The maximum absolute atomic E-state index is 13.3. The minimum absolute atomic E-state index is 0.129. The summed E-state index contributed by atoms with van der Waals surface area (Å²) in [7, 11) is -4.74.